The summed E-state index contributed by atoms with van der Waals surface area (Å²) in [6, 6.07) is 16.5. The molecule has 1 aliphatic heterocycles. The Balaban J connectivity index is 1.54. The molecule has 1 aliphatic rings. The number of primary amides is 1. The number of hydrogen-bond acceptors (Lipinski definition) is 5. The third kappa shape index (κ3) is 3.41. The molecule has 0 spiro atoms. The lowest BCUT2D eigenvalue weighted by Gasteiger charge is -2.34. The molecule has 0 saturated carbocycles. The van der Waals surface area contributed by atoms with Crippen LogP contribution in [0.3, 0.4) is 0 Å². The van der Waals surface area contributed by atoms with Crippen LogP contribution < -0.4 is 5.73 Å². The molecule has 0 aliphatic carbocycles. The van der Waals surface area contributed by atoms with Gasteiger partial charge < -0.3 is 10.6 Å². The molecular weight excluding hydrogens is 344 g/mol. The average molecular weight is 362 g/mol. The summed E-state index contributed by atoms with van der Waals surface area (Å²) >= 11 is 0. The second-order valence-electron chi connectivity index (χ2n) is 6.42. The highest BCUT2D eigenvalue weighted by Crippen LogP contribution is 2.23. The zero-order valence-corrected chi connectivity index (χ0v) is 14.5. The van der Waals surface area contributed by atoms with Crippen molar-refractivity contribution in [2.45, 2.75) is 25.6 Å². The molecule has 2 aromatic carbocycles. The van der Waals surface area contributed by atoms with Crippen LogP contribution in [-0.4, -0.2) is 43.0 Å². The Bertz CT molecular complexity index is 985. The lowest BCUT2D eigenvalue weighted by Crippen LogP contribution is -2.52. The number of nitrogens with two attached hydrogens (primary N) is 1. The largest absolute Gasteiger partial charge is 0.368 e. The zero-order valence-electron chi connectivity index (χ0n) is 14.5. The summed E-state index contributed by atoms with van der Waals surface area (Å²) in [5.74, 6) is -0.349. The van der Waals surface area contributed by atoms with Gasteiger partial charge in [0.1, 0.15) is 12.6 Å². The van der Waals surface area contributed by atoms with Crippen LogP contribution in [0.25, 0.3) is 11.4 Å². The van der Waals surface area contributed by atoms with E-state index in [-0.39, 0.29) is 12.5 Å². The van der Waals surface area contributed by atoms with Crippen molar-refractivity contribution in [3.05, 3.63) is 65.7 Å². The van der Waals surface area contributed by atoms with E-state index in [1.807, 2.05) is 54.6 Å². The van der Waals surface area contributed by atoms with Gasteiger partial charge >= 0.3 is 0 Å². The van der Waals surface area contributed by atoms with E-state index in [1.54, 1.807) is 0 Å². The van der Waals surface area contributed by atoms with E-state index >= 15 is 0 Å². The maximum absolute atomic E-state index is 12.8. The fourth-order valence-corrected chi connectivity index (χ4v) is 3.26. The summed E-state index contributed by atoms with van der Waals surface area (Å²) in [5, 5.41) is 12.2. The first-order valence-corrected chi connectivity index (χ1v) is 8.60. The number of aromatic nitrogens is 4. The first kappa shape index (κ1) is 16.9. The van der Waals surface area contributed by atoms with Crippen molar-refractivity contribution in [3.63, 3.8) is 0 Å². The van der Waals surface area contributed by atoms with Crippen LogP contribution in [-0.2, 0) is 29.1 Å². The molecule has 1 aromatic heterocycles. The highest BCUT2D eigenvalue weighted by Gasteiger charge is 2.33. The van der Waals surface area contributed by atoms with Gasteiger partial charge in [0.25, 0.3) is 0 Å². The van der Waals surface area contributed by atoms with E-state index in [4.69, 9.17) is 5.73 Å². The molecule has 0 fully saturated rings. The molecule has 1 atom stereocenters. The fraction of sp³-hybridized carbons (Fsp3) is 0.211. The van der Waals surface area contributed by atoms with Gasteiger partial charge in [0.05, 0.1) is 0 Å². The fourth-order valence-electron chi connectivity index (χ4n) is 3.26. The lowest BCUT2D eigenvalue weighted by atomic mass is 9.93. The third-order valence-electron chi connectivity index (χ3n) is 4.66. The van der Waals surface area contributed by atoms with Crippen LogP contribution in [0.5, 0.6) is 0 Å². The van der Waals surface area contributed by atoms with Gasteiger partial charge in [-0.3, -0.25) is 9.59 Å². The van der Waals surface area contributed by atoms with E-state index in [2.05, 4.69) is 15.4 Å². The molecule has 2 N–H and O–H groups in total. The first-order valence-electron chi connectivity index (χ1n) is 8.60. The van der Waals surface area contributed by atoms with E-state index in [0.29, 0.717) is 18.8 Å². The van der Waals surface area contributed by atoms with Crippen LogP contribution in [0.15, 0.2) is 54.6 Å². The highest BCUT2D eigenvalue weighted by molar-refractivity contribution is 5.87. The van der Waals surface area contributed by atoms with Gasteiger partial charge in [-0.2, -0.15) is 4.80 Å². The van der Waals surface area contributed by atoms with E-state index in [1.165, 1.54) is 9.70 Å². The number of tetrazole rings is 1. The molecule has 27 heavy (non-hydrogen) atoms. The van der Waals surface area contributed by atoms with Crippen molar-refractivity contribution in [3.8, 4) is 11.4 Å². The molecule has 2 heterocycles. The summed E-state index contributed by atoms with van der Waals surface area (Å²) in [6.07, 6.45) is 0.414. The smallest absolute Gasteiger partial charge is 0.247 e. The van der Waals surface area contributed by atoms with Crippen molar-refractivity contribution in [1.29, 1.82) is 0 Å². The third-order valence-corrected chi connectivity index (χ3v) is 4.66. The normalized spacial score (nSPS) is 16.0. The van der Waals surface area contributed by atoms with Gasteiger partial charge in [0.2, 0.25) is 17.6 Å². The van der Waals surface area contributed by atoms with Gasteiger partial charge in [0.15, 0.2) is 0 Å². The number of nitrogens with zero attached hydrogens (tertiary/aromatic N) is 5. The molecular formula is C19H18N6O2. The van der Waals surface area contributed by atoms with Crippen LogP contribution in [0.2, 0.25) is 0 Å². The minimum absolute atomic E-state index is 0.105. The van der Waals surface area contributed by atoms with Crippen molar-refractivity contribution in [2.24, 2.45) is 5.73 Å². The van der Waals surface area contributed by atoms with Crippen molar-refractivity contribution in [2.75, 3.05) is 0 Å². The number of carbonyl (C=O) groups is 2. The second kappa shape index (κ2) is 6.99. The van der Waals surface area contributed by atoms with E-state index in [9.17, 15) is 9.59 Å². The van der Waals surface area contributed by atoms with Gasteiger partial charge in [0, 0.05) is 18.5 Å². The molecule has 0 saturated heterocycles. The Hall–Kier alpha value is -3.55. The molecule has 3 aromatic rings. The highest BCUT2D eigenvalue weighted by atomic mass is 16.2. The Morgan fingerprint density at radius 2 is 1.74 bits per heavy atom. The van der Waals surface area contributed by atoms with Gasteiger partial charge in [-0.25, -0.2) is 0 Å². The Labute approximate surface area is 155 Å². The van der Waals surface area contributed by atoms with E-state index in [0.717, 1.165) is 16.7 Å². The van der Waals surface area contributed by atoms with Crippen molar-refractivity contribution in [1.82, 2.24) is 25.1 Å². The summed E-state index contributed by atoms with van der Waals surface area (Å²) in [5.41, 5.74) is 8.41. The zero-order chi connectivity index (χ0) is 18.8. The second-order valence-corrected chi connectivity index (χ2v) is 6.42. The number of carbonyl (C=O) groups excluding carboxylic acids is 2. The van der Waals surface area contributed by atoms with E-state index < -0.39 is 11.9 Å². The predicted octanol–water partition coefficient (Wildman–Crippen LogP) is 0.779. The lowest BCUT2D eigenvalue weighted by molar-refractivity contribution is -0.141. The molecule has 136 valence electrons. The number of benzene rings is 2. The number of hydrogen-bond donors (Lipinski definition) is 1. The first-order chi connectivity index (χ1) is 13.1. The number of rotatable bonds is 4. The predicted molar refractivity (Wildman–Crippen MR) is 96.9 cm³/mol. The quantitative estimate of drug-likeness (QED) is 0.738. The summed E-state index contributed by atoms with van der Waals surface area (Å²) in [4.78, 5) is 27.5. The van der Waals surface area contributed by atoms with Gasteiger partial charge in [-0.1, -0.05) is 54.6 Å². The number of fused-ring (bicyclic) bond motifs is 1. The summed E-state index contributed by atoms with van der Waals surface area (Å²) in [6.45, 7) is 0.231. The van der Waals surface area contributed by atoms with Crippen molar-refractivity contribution >= 4 is 11.8 Å². The molecule has 4 rings (SSSR count). The SMILES string of the molecule is NC(=O)C1Cc2ccccc2CN1C(=O)Cn1nnc(-c2ccccc2)n1. The maximum Gasteiger partial charge on any atom is 0.247 e. The summed E-state index contributed by atoms with van der Waals surface area (Å²) < 4.78 is 0. The minimum Gasteiger partial charge on any atom is -0.368 e. The molecule has 0 bridgehead atoms. The van der Waals surface area contributed by atoms with Crippen LogP contribution in [0.1, 0.15) is 11.1 Å². The standard InChI is InChI=1S/C19H18N6O2/c20-18(27)16-10-14-8-4-5-9-15(14)11-24(16)17(26)12-25-22-19(21-23-25)13-6-2-1-3-7-13/h1-9,16H,10-12H2,(H2,20,27). The average Bonchev–Trinajstić information content (AvgIpc) is 3.16. The molecule has 1 unspecified atom stereocenters. The monoisotopic (exact) mass is 362 g/mol. The molecule has 0 radical (unpaired) electrons. The van der Waals surface area contributed by atoms with Gasteiger partial charge in [-0.05, 0) is 16.3 Å². The Morgan fingerprint density at radius 1 is 1.04 bits per heavy atom. The molecule has 8 heteroatoms. The van der Waals surface area contributed by atoms with Crippen LogP contribution in [0, 0.1) is 0 Å². The number of amides is 2. The van der Waals surface area contributed by atoms with Crippen LogP contribution in [0.4, 0.5) is 0 Å². The van der Waals surface area contributed by atoms with Gasteiger partial charge in [-0.15, -0.1) is 10.2 Å². The topological polar surface area (TPSA) is 107 Å². The Morgan fingerprint density at radius 3 is 2.48 bits per heavy atom. The Kier molecular flexibility index (Phi) is 4.37. The molecule has 2 amide bonds. The van der Waals surface area contributed by atoms with Crippen molar-refractivity contribution < 1.29 is 9.59 Å². The maximum atomic E-state index is 12.8. The molecule has 8 nitrogen and oxygen atoms in total. The van der Waals surface area contributed by atoms with Crippen LogP contribution >= 0.6 is 0 Å². The summed E-state index contributed by atoms with van der Waals surface area (Å²) in [7, 11) is 0. The minimum atomic E-state index is -0.676.